The molecule has 1 fully saturated rings. The zero-order valence-corrected chi connectivity index (χ0v) is 19.8. The highest BCUT2D eigenvalue weighted by atomic mass is 32.1. The van der Waals surface area contributed by atoms with Gasteiger partial charge in [0.1, 0.15) is 0 Å². The Kier molecular flexibility index (Phi) is 7.84. The Morgan fingerprint density at radius 2 is 1.84 bits per heavy atom. The van der Waals surface area contributed by atoms with Crippen LogP contribution in [0.2, 0.25) is 0 Å². The lowest BCUT2D eigenvalue weighted by atomic mass is 9.87. The molecule has 1 saturated heterocycles. The summed E-state index contributed by atoms with van der Waals surface area (Å²) in [4.78, 5) is 31.5. The number of carbonyl (C=O) groups is 2. The molecule has 2 aromatic rings. The minimum atomic E-state index is -0.166. The maximum absolute atomic E-state index is 12.3. The van der Waals surface area contributed by atoms with Crippen LogP contribution in [0.5, 0.6) is 0 Å². The topological polar surface area (TPSA) is 74.3 Å². The molecule has 0 aliphatic carbocycles. The van der Waals surface area contributed by atoms with Crippen molar-refractivity contribution in [3.8, 4) is 0 Å². The van der Waals surface area contributed by atoms with Gasteiger partial charge in [-0.2, -0.15) is 0 Å². The van der Waals surface area contributed by atoms with E-state index in [1.165, 1.54) is 29.7 Å². The lowest BCUT2D eigenvalue weighted by Crippen LogP contribution is -2.32. The maximum atomic E-state index is 12.3. The van der Waals surface area contributed by atoms with Crippen molar-refractivity contribution < 1.29 is 9.59 Å². The monoisotopic (exact) mass is 442 g/mol. The molecule has 0 saturated carbocycles. The number of carbonyl (C=O) groups excluding carboxylic acids is 2. The number of nitrogens with zero attached hydrogens (tertiary/aromatic N) is 2. The average Bonchev–Trinajstić information content (AvgIpc) is 3.15. The van der Waals surface area contributed by atoms with Gasteiger partial charge >= 0.3 is 0 Å². The minimum Gasteiger partial charge on any atom is -0.352 e. The Balaban J connectivity index is 1.39. The number of aromatic nitrogens is 1. The first-order chi connectivity index (χ1) is 14.7. The summed E-state index contributed by atoms with van der Waals surface area (Å²) in [7, 11) is 0. The van der Waals surface area contributed by atoms with Crippen molar-refractivity contribution in [3.05, 3.63) is 46.5 Å². The van der Waals surface area contributed by atoms with Crippen LogP contribution >= 0.6 is 11.3 Å². The number of thiazole rings is 1. The molecule has 31 heavy (non-hydrogen) atoms. The van der Waals surface area contributed by atoms with Gasteiger partial charge in [-0.05, 0) is 55.0 Å². The number of hydrogen-bond acceptors (Lipinski definition) is 5. The van der Waals surface area contributed by atoms with Crippen LogP contribution in [0.4, 0.5) is 5.13 Å². The van der Waals surface area contributed by atoms with Crippen molar-refractivity contribution in [3.63, 3.8) is 0 Å². The molecule has 1 aromatic carbocycles. The quantitative estimate of drug-likeness (QED) is 0.665. The van der Waals surface area contributed by atoms with Crippen molar-refractivity contribution in [1.29, 1.82) is 0 Å². The van der Waals surface area contributed by atoms with Crippen molar-refractivity contribution in [2.75, 3.05) is 25.0 Å². The van der Waals surface area contributed by atoms with E-state index in [-0.39, 0.29) is 30.2 Å². The van der Waals surface area contributed by atoms with E-state index < -0.39 is 0 Å². The van der Waals surface area contributed by atoms with Crippen molar-refractivity contribution in [2.24, 2.45) is 5.92 Å². The zero-order chi connectivity index (χ0) is 22.4. The average molecular weight is 443 g/mol. The maximum Gasteiger partial charge on any atom is 0.251 e. The number of piperidine rings is 1. The van der Waals surface area contributed by atoms with Crippen molar-refractivity contribution >= 4 is 28.3 Å². The van der Waals surface area contributed by atoms with E-state index in [1.54, 1.807) is 0 Å². The second kappa shape index (κ2) is 10.4. The van der Waals surface area contributed by atoms with Crippen LogP contribution in [0.1, 0.15) is 68.6 Å². The second-order valence-electron chi connectivity index (χ2n) is 9.48. The number of rotatable bonds is 7. The summed E-state index contributed by atoms with van der Waals surface area (Å²) in [5, 5.41) is 8.29. The fourth-order valence-corrected chi connectivity index (χ4v) is 4.30. The van der Waals surface area contributed by atoms with Gasteiger partial charge in [-0.3, -0.25) is 14.5 Å². The molecule has 1 aliphatic heterocycles. The van der Waals surface area contributed by atoms with Gasteiger partial charge in [0.05, 0.1) is 5.69 Å². The number of amides is 2. The Morgan fingerprint density at radius 1 is 1.16 bits per heavy atom. The van der Waals surface area contributed by atoms with Crippen LogP contribution < -0.4 is 10.6 Å². The van der Waals surface area contributed by atoms with E-state index in [2.05, 4.69) is 48.2 Å². The molecule has 0 unspecified atom stereocenters. The molecule has 0 spiro atoms. The first-order valence-corrected chi connectivity index (χ1v) is 11.9. The summed E-state index contributed by atoms with van der Waals surface area (Å²) in [6.45, 7) is 12.1. The number of hydrogen-bond donors (Lipinski definition) is 2. The molecule has 6 nitrogen and oxygen atoms in total. The van der Waals surface area contributed by atoms with Gasteiger partial charge in [0.25, 0.3) is 5.91 Å². The Hall–Kier alpha value is -2.25. The summed E-state index contributed by atoms with van der Waals surface area (Å²) < 4.78 is 0. The summed E-state index contributed by atoms with van der Waals surface area (Å²) in [5.41, 5.74) is 2.84. The predicted molar refractivity (Wildman–Crippen MR) is 127 cm³/mol. The van der Waals surface area contributed by atoms with Gasteiger partial charge in [-0.25, -0.2) is 4.98 Å². The number of likely N-dealkylation sites (tertiary alicyclic amines) is 1. The van der Waals surface area contributed by atoms with E-state index in [9.17, 15) is 9.59 Å². The molecule has 1 aromatic heterocycles. The lowest BCUT2D eigenvalue weighted by Gasteiger charge is -2.29. The Morgan fingerprint density at radius 3 is 2.48 bits per heavy atom. The van der Waals surface area contributed by atoms with Crippen LogP contribution in [0.3, 0.4) is 0 Å². The molecule has 0 bridgehead atoms. The zero-order valence-electron chi connectivity index (χ0n) is 19.0. The number of benzene rings is 1. The summed E-state index contributed by atoms with van der Waals surface area (Å²) in [6, 6.07) is 7.62. The summed E-state index contributed by atoms with van der Waals surface area (Å²) in [5.74, 6) is 0.501. The van der Waals surface area contributed by atoms with E-state index in [4.69, 9.17) is 0 Å². The molecule has 3 rings (SSSR count). The standard InChI is InChI=1S/C24H34N4O2S/c1-17-10-13-28(14-11-17)15-20-16-31-23(26-20)27-21(29)9-12-25-22(30)18-5-7-19(8-6-18)24(2,3)4/h5-8,16-17H,9-15H2,1-4H3,(H,25,30)(H,26,27,29). The molecule has 2 N–H and O–H groups in total. The van der Waals surface area contributed by atoms with E-state index in [0.717, 1.165) is 31.2 Å². The largest absolute Gasteiger partial charge is 0.352 e. The van der Waals surface area contributed by atoms with Crippen LogP contribution in [0.15, 0.2) is 29.6 Å². The SMILES string of the molecule is CC1CCN(Cc2csc(NC(=O)CCNC(=O)c3ccc(C(C)(C)C)cc3)n2)CC1. The molecule has 2 amide bonds. The molecule has 0 radical (unpaired) electrons. The van der Waals surface area contributed by atoms with E-state index >= 15 is 0 Å². The number of nitrogens with one attached hydrogen (secondary N) is 2. The van der Waals surface area contributed by atoms with Crippen LogP contribution in [0.25, 0.3) is 0 Å². The Bertz CT molecular complexity index is 878. The van der Waals surface area contributed by atoms with Gasteiger partial charge < -0.3 is 10.6 Å². The fourth-order valence-electron chi connectivity index (χ4n) is 3.58. The highest BCUT2D eigenvalue weighted by Gasteiger charge is 2.17. The molecular formula is C24H34N4O2S. The fraction of sp³-hybridized carbons (Fsp3) is 0.542. The van der Waals surface area contributed by atoms with Gasteiger partial charge in [0, 0.05) is 30.5 Å². The highest BCUT2D eigenvalue weighted by Crippen LogP contribution is 2.22. The van der Waals surface area contributed by atoms with Crippen LogP contribution in [-0.4, -0.2) is 41.3 Å². The third-order valence-electron chi connectivity index (χ3n) is 5.71. The Labute approximate surface area is 189 Å². The normalized spacial score (nSPS) is 15.6. The van der Waals surface area contributed by atoms with Gasteiger partial charge in [-0.15, -0.1) is 11.3 Å². The van der Waals surface area contributed by atoms with Gasteiger partial charge in [-0.1, -0.05) is 39.8 Å². The first-order valence-electron chi connectivity index (χ1n) is 11.1. The van der Waals surface area contributed by atoms with E-state index in [0.29, 0.717) is 10.7 Å². The molecule has 168 valence electrons. The van der Waals surface area contributed by atoms with Crippen molar-refractivity contribution in [1.82, 2.24) is 15.2 Å². The molecule has 7 heteroatoms. The third-order valence-corrected chi connectivity index (χ3v) is 6.52. The minimum absolute atomic E-state index is 0.0507. The van der Waals surface area contributed by atoms with Crippen LogP contribution in [-0.2, 0) is 16.8 Å². The second-order valence-corrected chi connectivity index (χ2v) is 10.3. The number of anilines is 1. The molecule has 1 aliphatic rings. The predicted octanol–water partition coefficient (Wildman–Crippen LogP) is 4.43. The molecular weight excluding hydrogens is 408 g/mol. The molecule has 2 heterocycles. The smallest absolute Gasteiger partial charge is 0.251 e. The van der Waals surface area contributed by atoms with Gasteiger partial charge in [0.2, 0.25) is 5.91 Å². The molecule has 0 atom stereocenters. The van der Waals surface area contributed by atoms with E-state index in [1.807, 2.05) is 29.6 Å². The summed E-state index contributed by atoms with van der Waals surface area (Å²) in [6.07, 6.45) is 2.69. The first kappa shape index (κ1) is 23.4. The van der Waals surface area contributed by atoms with Crippen LogP contribution in [0, 0.1) is 5.92 Å². The summed E-state index contributed by atoms with van der Waals surface area (Å²) >= 11 is 1.45. The van der Waals surface area contributed by atoms with Crippen molar-refractivity contribution in [2.45, 2.75) is 58.9 Å². The van der Waals surface area contributed by atoms with Gasteiger partial charge in [0.15, 0.2) is 5.13 Å². The lowest BCUT2D eigenvalue weighted by molar-refractivity contribution is -0.116. The third kappa shape index (κ3) is 7.14. The highest BCUT2D eigenvalue weighted by molar-refractivity contribution is 7.13.